The number of esters is 1. The zero-order valence-electron chi connectivity index (χ0n) is 15.9. The van der Waals surface area contributed by atoms with Crippen molar-refractivity contribution in [3.05, 3.63) is 101 Å². The average molecular weight is 385 g/mol. The molecule has 1 heterocycles. The van der Waals surface area contributed by atoms with Gasteiger partial charge in [-0.2, -0.15) is 0 Å². The summed E-state index contributed by atoms with van der Waals surface area (Å²) in [6, 6.07) is 24.6. The second-order valence-electron chi connectivity index (χ2n) is 6.38. The topological polar surface area (TPSA) is 57.1 Å². The van der Waals surface area contributed by atoms with E-state index >= 15 is 0 Å². The third-order valence-corrected chi connectivity index (χ3v) is 4.39. The van der Waals surface area contributed by atoms with Crippen LogP contribution in [0.3, 0.4) is 0 Å². The molecule has 0 saturated heterocycles. The number of carbonyl (C=O) groups is 1. The van der Waals surface area contributed by atoms with Crippen LogP contribution in [0.15, 0.2) is 89.6 Å². The molecule has 0 atom stereocenters. The van der Waals surface area contributed by atoms with E-state index in [1.807, 2.05) is 72.8 Å². The normalized spacial score (nSPS) is 14.4. The van der Waals surface area contributed by atoms with Gasteiger partial charge in [-0.15, -0.1) is 0 Å². The Bertz CT molecular complexity index is 1090. The second kappa shape index (κ2) is 8.44. The van der Waals surface area contributed by atoms with E-state index in [1.165, 1.54) is 0 Å². The number of cyclic esters (lactones) is 1. The van der Waals surface area contributed by atoms with Gasteiger partial charge in [-0.3, -0.25) is 0 Å². The number of hydrogen-bond donors (Lipinski definition) is 0. The third-order valence-electron chi connectivity index (χ3n) is 4.39. The number of hydrogen-bond acceptors (Lipinski definition) is 5. The van der Waals surface area contributed by atoms with Crippen LogP contribution in [0.4, 0.5) is 0 Å². The van der Waals surface area contributed by atoms with Gasteiger partial charge >= 0.3 is 5.97 Å². The highest BCUT2D eigenvalue weighted by Gasteiger charge is 2.24. The summed E-state index contributed by atoms with van der Waals surface area (Å²) in [5.41, 5.74) is 2.72. The summed E-state index contributed by atoms with van der Waals surface area (Å²) in [4.78, 5) is 16.7. The molecule has 1 aliphatic rings. The summed E-state index contributed by atoms with van der Waals surface area (Å²) in [6.45, 7) is 0.434. The molecular weight excluding hydrogens is 366 g/mol. The van der Waals surface area contributed by atoms with E-state index in [4.69, 9.17) is 14.2 Å². The maximum Gasteiger partial charge on any atom is 0.363 e. The van der Waals surface area contributed by atoms with Gasteiger partial charge in [-0.05, 0) is 35.9 Å². The van der Waals surface area contributed by atoms with Gasteiger partial charge in [0.2, 0.25) is 5.90 Å². The first-order chi connectivity index (χ1) is 14.2. The summed E-state index contributed by atoms with van der Waals surface area (Å²) in [7, 11) is 1.58. The van der Waals surface area contributed by atoms with Crippen LogP contribution in [-0.4, -0.2) is 19.0 Å². The minimum Gasteiger partial charge on any atom is -0.497 e. The summed E-state index contributed by atoms with van der Waals surface area (Å²) >= 11 is 0. The zero-order chi connectivity index (χ0) is 20.1. The van der Waals surface area contributed by atoms with Gasteiger partial charge in [-0.1, -0.05) is 54.6 Å². The molecule has 0 bridgehead atoms. The molecule has 29 heavy (non-hydrogen) atoms. The first-order valence-corrected chi connectivity index (χ1v) is 9.16. The second-order valence-corrected chi connectivity index (χ2v) is 6.38. The molecule has 0 N–H and O–H groups in total. The van der Waals surface area contributed by atoms with Crippen LogP contribution in [-0.2, 0) is 16.1 Å². The van der Waals surface area contributed by atoms with E-state index in [1.54, 1.807) is 19.3 Å². The molecule has 0 radical (unpaired) electrons. The SMILES string of the molecule is COc1cccc(C2=NC(=Cc3ccccc3OCc3ccccc3)C(=O)O2)c1. The number of rotatable bonds is 6. The van der Waals surface area contributed by atoms with Gasteiger partial charge in [0.05, 0.1) is 7.11 Å². The Morgan fingerprint density at radius 3 is 2.59 bits per heavy atom. The van der Waals surface area contributed by atoms with E-state index in [-0.39, 0.29) is 11.6 Å². The molecule has 1 aliphatic heterocycles. The molecule has 4 rings (SSSR count). The fraction of sp³-hybridized carbons (Fsp3) is 0.0833. The van der Waals surface area contributed by atoms with Crippen molar-refractivity contribution in [2.45, 2.75) is 6.61 Å². The van der Waals surface area contributed by atoms with Crippen molar-refractivity contribution >= 4 is 17.9 Å². The minimum absolute atomic E-state index is 0.221. The van der Waals surface area contributed by atoms with Crippen LogP contribution in [0.5, 0.6) is 11.5 Å². The molecule has 144 valence electrons. The zero-order valence-corrected chi connectivity index (χ0v) is 15.9. The lowest BCUT2D eigenvalue weighted by atomic mass is 10.1. The third kappa shape index (κ3) is 4.35. The Balaban J connectivity index is 1.59. The summed E-state index contributed by atoms with van der Waals surface area (Å²) in [5, 5.41) is 0. The van der Waals surface area contributed by atoms with E-state index in [9.17, 15) is 4.79 Å². The fourth-order valence-electron chi connectivity index (χ4n) is 2.90. The first kappa shape index (κ1) is 18.5. The number of carbonyl (C=O) groups excluding carboxylic acids is 1. The lowest BCUT2D eigenvalue weighted by molar-refractivity contribution is -0.129. The van der Waals surface area contributed by atoms with E-state index in [0.29, 0.717) is 23.7 Å². The van der Waals surface area contributed by atoms with Crippen LogP contribution < -0.4 is 9.47 Å². The Morgan fingerprint density at radius 2 is 1.76 bits per heavy atom. The maximum atomic E-state index is 12.3. The Morgan fingerprint density at radius 1 is 0.966 bits per heavy atom. The lowest BCUT2D eigenvalue weighted by Crippen LogP contribution is -2.05. The molecule has 0 aromatic heterocycles. The van der Waals surface area contributed by atoms with Gasteiger partial charge in [0.1, 0.15) is 18.1 Å². The number of ether oxygens (including phenoxy) is 3. The highest BCUT2D eigenvalue weighted by molar-refractivity contribution is 6.13. The van der Waals surface area contributed by atoms with Crippen LogP contribution >= 0.6 is 0 Å². The number of methoxy groups -OCH3 is 1. The van der Waals surface area contributed by atoms with Crippen molar-refractivity contribution in [1.82, 2.24) is 0 Å². The molecule has 3 aromatic carbocycles. The quantitative estimate of drug-likeness (QED) is 0.459. The predicted molar refractivity (Wildman–Crippen MR) is 111 cm³/mol. The molecular formula is C24H19NO4. The molecule has 0 fully saturated rings. The standard InChI is InChI=1S/C24H19NO4/c1-27-20-12-7-11-19(14-20)23-25-21(24(26)29-23)15-18-10-5-6-13-22(18)28-16-17-8-3-2-4-9-17/h2-15H,16H2,1H3. The van der Waals surface area contributed by atoms with Crippen molar-refractivity contribution in [2.24, 2.45) is 4.99 Å². The molecule has 5 nitrogen and oxygen atoms in total. The Kier molecular flexibility index (Phi) is 5.38. The van der Waals surface area contributed by atoms with Gasteiger partial charge in [0.25, 0.3) is 0 Å². The van der Waals surface area contributed by atoms with Crippen LogP contribution in [0, 0.1) is 0 Å². The molecule has 0 unspecified atom stereocenters. The largest absolute Gasteiger partial charge is 0.497 e. The number of benzene rings is 3. The van der Waals surface area contributed by atoms with Crippen molar-refractivity contribution in [2.75, 3.05) is 7.11 Å². The molecule has 0 aliphatic carbocycles. The Labute approximate surface area is 168 Å². The summed E-state index contributed by atoms with van der Waals surface area (Å²) < 4.78 is 16.5. The number of aliphatic imine (C=N–C) groups is 1. The van der Waals surface area contributed by atoms with Gasteiger partial charge < -0.3 is 14.2 Å². The van der Waals surface area contributed by atoms with Gasteiger partial charge in [-0.25, -0.2) is 9.79 Å². The van der Waals surface area contributed by atoms with E-state index < -0.39 is 5.97 Å². The molecule has 0 spiro atoms. The van der Waals surface area contributed by atoms with Crippen molar-refractivity contribution in [1.29, 1.82) is 0 Å². The molecule has 5 heteroatoms. The predicted octanol–water partition coefficient (Wildman–Crippen LogP) is 4.62. The Hall–Kier alpha value is -3.86. The monoisotopic (exact) mass is 385 g/mol. The number of nitrogens with zero attached hydrogens (tertiary/aromatic N) is 1. The minimum atomic E-state index is -0.499. The van der Waals surface area contributed by atoms with Crippen molar-refractivity contribution in [3.63, 3.8) is 0 Å². The van der Waals surface area contributed by atoms with E-state index in [2.05, 4.69) is 4.99 Å². The molecule has 0 amide bonds. The lowest BCUT2D eigenvalue weighted by Gasteiger charge is -2.09. The van der Waals surface area contributed by atoms with Crippen LogP contribution in [0.1, 0.15) is 16.7 Å². The molecule has 3 aromatic rings. The number of para-hydroxylation sites is 1. The molecule has 0 saturated carbocycles. The van der Waals surface area contributed by atoms with Gasteiger partial charge in [0, 0.05) is 11.1 Å². The summed E-state index contributed by atoms with van der Waals surface area (Å²) in [6.07, 6.45) is 1.68. The maximum absolute atomic E-state index is 12.3. The summed E-state index contributed by atoms with van der Waals surface area (Å²) in [5.74, 6) is 1.09. The van der Waals surface area contributed by atoms with Gasteiger partial charge in [0.15, 0.2) is 5.70 Å². The average Bonchev–Trinajstić information content (AvgIpc) is 3.14. The fourth-order valence-corrected chi connectivity index (χ4v) is 2.90. The van der Waals surface area contributed by atoms with Crippen LogP contribution in [0.2, 0.25) is 0 Å². The van der Waals surface area contributed by atoms with Crippen molar-refractivity contribution < 1.29 is 19.0 Å². The first-order valence-electron chi connectivity index (χ1n) is 9.16. The van der Waals surface area contributed by atoms with Crippen molar-refractivity contribution in [3.8, 4) is 11.5 Å². The smallest absolute Gasteiger partial charge is 0.363 e. The highest BCUT2D eigenvalue weighted by Crippen LogP contribution is 2.26. The van der Waals surface area contributed by atoms with E-state index in [0.717, 1.165) is 11.1 Å². The highest BCUT2D eigenvalue weighted by atomic mass is 16.6. The van der Waals surface area contributed by atoms with Crippen LogP contribution in [0.25, 0.3) is 6.08 Å².